The molecule has 0 radical (unpaired) electrons. The van der Waals surface area contributed by atoms with Gasteiger partial charge in [0.25, 0.3) is 0 Å². The summed E-state index contributed by atoms with van der Waals surface area (Å²) in [5.41, 5.74) is -0.585. The second-order valence-electron chi connectivity index (χ2n) is 8.98. The van der Waals surface area contributed by atoms with E-state index >= 15 is 0 Å². The molecule has 5 atom stereocenters. The molecule has 11 heteroatoms. The Hall–Kier alpha value is -4.25. The van der Waals surface area contributed by atoms with Crippen LogP contribution in [0.5, 0.6) is 23.0 Å². The predicted molar refractivity (Wildman–Crippen MR) is 128 cm³/mol. The fourth-order valence-electron chi connectivity index (χ4n) is 4.52. The highest BCUT2D eigenvalue weighted by molar-refractivity contribution is 5.88. The first-order valence-electron chi connectivity index (χ1n) is 11.5. The molecular formula is C26H26O11. The van der Waals surface area contributed by atoms with Crippen molar-refractivity contribution in [3.05, 3.63) is 46.6 Å². The molecule has 1 aliphatic rings. The number of hydrogen-bond donors (Lipinski definition) is 4. The minimum Gasteiger partial charge on any atom is -0.508 e. The first-order chi connectivity index (χ1) is 17.5. The minimum absolute atomic E-state index is 0.0399. The Bertz CT molecular complexity index is 1390. The summed E-state index contributed by atoms with van der Waals surface area (Å²) in [4.78, 5) is 36.9. The Morgan fingerprint density at radius 1 is 0.946 bits per heavy atom. The average molecular weight is 514 g/mol. The van der Waals surface area contributed by atoms with Gasteiger partial charge in [0, 0.05) is 37.5 Å². The number of esters is 2. The standard InChI is InChI=1S/C26H26O11/c1-11-8-19(21(32)25(35-13(3)28)23(11)34-12(2)27)37-26-22(33)20-17(31)9-16(30)10-18(20)36-24(26)14-4-6-15(29)7-5-14/h4-7,9-11,19,21,23,25,29-32H,8H2,1-3H3/t11-,19?,21+,23?,25+/m1/s1. The van der Waals surface area contributed by atoms with E-state index in [9.17, 15) is 34.8 Å². The minimum atomic E-state index is -1.50. The lowest BCUT2D eigenvalue weighted by molar-refractivity contribution is -0.199. The largest absolute Gasteiger partial charge is 0.508 e. The molecule has 1 heterocycles. The molecule has 0 amide bonds. The zero-order chi connectivity index (χ0) is 27.0. The van der Waals surface area contributed by atoms with Gasteiger partial charge in [0.1, 0.15) is 46.5 Å². The Morgan fingerprint density at radius 3 is 2.19 bits per heavy atom. The van der Waals surface area contributed by atoms with Crippen LogP contribution in [0.2, 0.25) is 0 Å². The summed E-state index contributed by atoms with van der Waals surface area (Å²) in [6.45, 7) is 4.05. The molecule has 1 aliphatic carbocycles. The molecule has 2 aromatic carbocycles. The average Bonchev–Trinajstić information content (AvgIpc) is 2.80. The molecule has 196 valence electrons. The number of aliphatic hydroxyl groups excluding tert-OH is 1. The van der Waals surface area contributed by atoms with Crippen LogP contribution in [0.4, 0.5) is 0 Å². The number of aliphatic hydroxyl groups is 1. The summed E-state index contributed by atoms with van der Waals surface area (Å²) in [7, 11) is 0. The first kappa shape index (κ1) is 25.8. The quantitative estimate of drug-likeness (QED) is 0.369. The number of phenols is 3. The van der Waals surface area contributed by atoms with Crippen LogP contribution in [0.3, 0.4) is 0 Å². The van der Waals surface area contributed by atoms with Crippen LogP contribution in [0.1, 0.15) is 27.2 Å². The number of benzene rings is 2. The number of fused-ring (bicyclic) bond motifs is 1. The molecule has 2 unspecified atom stereocenters. The number of carbonyl (C=O) groups is 2. The van der Waals surface area contributed by atoms with E-state index in [-0.39, 0.29) is 40.4 Å². The Balaban J connectivity index is 1.83. The van der Waals surface area contributed by atoms with Crippen LogP contribution in [-0.2, 0) is 19.1 Å². The van der Waals surface area contributed by atoms with Crippen molar-refractivity contribution in [1.29, 1.82) is 0 Å². The van der Waals surface area contributed by atoms with Gasteiger partial charge in [-0.05, 0) is 30.7 Å². The van der Waals surface area contributed by atoms with E-state index in [1.54, 1.807) is 6.92 Å². The maximum absolute atomic E-state index is 13.5. The van der Waals surface area contributed by atoms with Gasteiger partial charge in [-0.2, -0.15) is 0 Å². The highest BCUT2D eigenvalue weighted by atomic mass is 16.6. The van der Waals surface area contributed by atoms with Gasteiger partial charge >= 0.3 is 11.9 Å². The van der Waals surface area contributed by atoms with Crippen molar-refractivity contribution in [2.24, 2.45) is 5.92 Å². The van der Waals surface area contributed by atoms with E-state index in [1.807, 2.05) is 0 Å². The number of aromatic hydroxyl groups is 3. The van der Waals surface area contributed by atoms with Crippen molar-refractivity contribution in [2.45, 2.75) is 51.6 Å². The molecule has 1 fully saturated rings. The summed E-state index contributed by atoms with van der Waals surface area (Å²) in [6, 6.07) is 7.78. The van der Waals surface area contributed by atoms with Gasteiger partial charge in [-0.25, -0.2) is 0 Å². The van der Waals surface area contributed by atoms with Crippen molar-refractivity contribution in [2.75, 3.05) is 0 Å². The third-order valence-corrected chi connectivity index (χ3v) is 6.13. The van der Waals surface area contributed by atoms with Gasteiger partial charge in [0.2, 0.25) is 11.2 Å². The topological polar surface area (TPSA) is 173 Å². The molecule has 4 N–H and O–H groups in total. The number of ether oxygens (including phenoxy) is 3. The van der Waals surface area contributed by atoms with E-state index in [0.717, 1.165) is 19.1 Å². The number of hydrogen-bond acceptors (Lipinski definition) is 11. The molecule has 1 aromatic heterocycles. The lowest BCUT2D eigenvalue weighted by Gasteiger charge is -2.42. The fraction of sp³-hybridized carbons (Fsp3) is 0.346. The highest BCUT2D eigenvalue weighted by Gasteiger charge is 2.48. The monoisotopic (exact) mass is 514 g/mol. The lowest BCUT2D eigenvalue weighted by atomic mass is 9.81. The Morgan fingerprint density at radius 2 is 1.57 bits per heavy atom. The Kier molecular flexibility index (Phi) is 6.99. The number of rotatable bonds is 5. The van der Waals surface area contributed by atoms with Crippen LogP contribution in [0.25, 0.3) is 22.3 Å². The maximum Gasteiger partial charge on any atom is 0.303 e. The predicted octanol–water partition coefficient (Wildman–Crippen LogP) is 2.59. The van der Waals surface area contributed by atoms with E-state index in [2.05, 4.69) is 0 Å². The molecule has 11 nitrogen and oxygen atoms in total. The smallest absolute Gasteiger partial charge is 0.303 e. The lowest BCUT2D eigenvalue weighted by Crippen LogP contribution is -2.57. The SMILES string of the molecule is CC(=O)OC1[C@H](C)CC(Oc2c(-c3ccc(O)cc3)oc3cc(O)cc(O)c3c2=O)[C@H](O)[C@@H]1OC(C)=O. The van der Waals surface area contributed by atoms with Crippen molar-refractivity contribution >= 4 is 22.9 Å². The summed E-state index contributed by atoms with van der Waals surface area (Å²) < 4.78 is 22.5. The molecule has 0 spiro atoms. The van der Waals surface area contributed by atoms with E-state index < -0.39 is 53.5 Å². The molecular weight excluding hydrogens is 488 g/mol. The summed E-state index contributed by atoms with van der Waals surface area (Å²) in [5, 5.41) is 40.8. The van der Waals surface area contributed by atoms with Gasteiger partial charge in [0.15, 0.2) is 11.9 Å². The maximum atomic E-state index is 13.5. The molecule has 0 bridgehead atoms. The van der Waals surface area contributed by atoms with Crippen molar-refractivity contribution in [3.63, 3.8) is 0 Å². The van der Waals surface area contributed by atoms with Gasteiger partial charge in [-0.1, -0.05) is 6.92 Å². The van der Waals surface area contributed by atoms with Gasteiger partial charge < -0.3 is 39.1 Å². The number of phenolic OH excluding ortho intramolecular Hbond substituents is 3. The molecule has 4 rings (SSSR count). The van der Waals surface area contributed by atoms with E-state index in [1.165, 1.54) is 31.2 Å². The van der Waals surface area contributed by atoms with Crippen LogP contribution in [-0.4, -0.2) is 56.8 Å². The first-order valence-corrected chi connectivity index (χ1v) is 11.5. The van der Waals surface area contributed by atoms with Crippen LogP contribution < -0.4 is 10.2 Å². The van der Waals surface area contributed by atoms with Crippen LogP contribution in [0, 0.1) is 5.92 Å². The van der Waals surface area contributed by atoms with Crippen LogP contribution >= 0.6 is 0 Å². The van der Waals surface area contributed by atoms with Crippen molar-refractivity contribution in [3.8, 4) is 34.3 Å². The molecule has 37 heavy (non-hydrogen) atoms. The third kappa shape index (κ3) is 5.17. The fourth-order valence-corrected chi connectivity index (χ4v) is 4.52. The second kappa shape index (κ2) is 10.0. The molecule has 3 aromatic rings. The second-order valence-corrected chi connectivity index (χ2v) is 8.98. The van der Waals surface area contributed by atoms with Crippen LogP contribution in [0.15, 0.2) is 45.6 Å². The summed E-state index contributed by atoms with van der Waals surface area (Å²) in [6.07, 6.45) is -4.73. The van der Waals surface area contributed by atoms with E-state index in [0.29, 0.717) is 5.56 Å². The Labute approximate surface area is 210 Å². The summed E-state index contributed by atoms with van der Waals surface area (Å²) in [5.74, 6) is -3.15. The molecule has 1 saturated carbocycles. The molecule has 0 aliphatic heterocycles. The van der Waals surface area contributed by atoms with Crippen molar-refractivity contribution in [1.82, 2.24) is 0 Å². The zero-order valence-electron chi connectivity index (χ0n) is 20.2. The van der Waals surface area contributed by atoms with Gasteiger partial charge in [-0.15, -0.1) is 0 Å². The van der Waals surface area contributed by atoms with E-state index in [4.69, 9.17) is 18.6 Å². The van der Waals surface area contributed by atoms with Gasteiger partial charge in [-0.3, -0.25) is 14.4 Å². The highest BCUT2D eigenvalue weighted by Crippen LogP contribution is 2.39. The molecule has 0 saturated heterocycles. The third-order valence-electron chi connectivity index (χ3n) is 6.13. The summed E-state index contributed by atoms with van der Waals surface area (Å²) >= 11 is 0. The number of carbonyl (C=O) groups excluding carboxylic acids is 2. The van der Waals surface area contributed by atoms with Crippen molar-refractivity contribution < 1.29 is 48.6 Å². The zero-order valence-corrected chi connectivity index (χ0v) is 20.2. The van der Waals surface area contributed by atoms with Gasteiger partial charge in [0.05, 0.1) is 0 Å². The normalized spacial score (nSPS) is 23.4.